The van der Waals surface area contributed by atoms with E-state index < -0.39 is 5.82 Å². The lowest BCUT2D eigenvalue weighted by Crippen LogP contribution is -2.12. The first kappa shape index (κ1) is 22.3. The van der Waals surface area contributed by atoms with Crippen molar-refractivity contribution in [1.82, 2.24) is 14.4 Å². The molecule has 2 aromatic heterocycles. The molecule has 33 heavy (non-hydrogen) atoms. The molecule has 6 nitrogen and oxygen atoms in total. The summed E-state index contributed by atoms with van der Waals surface area (Å²) in [5.74, 6) is 1.06. The molecule has 0 atom stereocenters. The van der Waals surface area contributed by atoms with Crippen LogP contribution in [0.3, 0.4) is 0 Å². The van der Waals surface area contributed by atoms with Crippen molar-refractivity contribution in [3.8, 4) is 11.3 Å². The molecule has 1 fully saturated rings. The molecule has 0 spiro atoms. The number of aliphatic hydroxyl groups excluding tert-OH is 1. The van der Waals surface area contributed by atoms with E-state index in [-0.39, 0.29) is 12.3 Å². The number of anilines is 2. The summed E-state index contributed by atoms with van der Waals surface area (Å²) < 4.78 is 20.6. The van der Waals surface area contributed by atoms with Crippen LogP contribution in [0.4, 0.5) is 15.9 Å². The molecule has 0 bridgehead atoms. The van der Waals surface area contributed by atoms with E-state index in [1.807, 2.05) is 10.6 Å². The Labute approximate surface area is 204 Å². The Morgan fingerprint density at radius 3 is 2.82 bits per heavy atom. The maximum absolute atomic E-state index is 15.7. The third-order valence-corrected chi connectivity index (χ3v) is 7.50. The standard InChI is InChI=1S/C23H20Cl2FN5OS/c24-14-9-13(11-32)18(25)17(10-14)33-30-16-6-2-5-15(19(16)26)20-21-22(27)28-7-8-31(21)23(29-20)12-3-1-4-12/h2,5-10,12,30,32H,1,3-4,11H2,(H2,27,28). The zero-order valence-electron chi connectivity index (χ0n) is 17.4. The molecule has 0 saturated heterocycles. The van der Waals surface area contributed by atoms with Gasteiger partial charge in [0.1, 0.15) is 22.9 Å². The molecule has 1 aliphatic carbocycles. The van der Waals surface area contributed by atoms with Crippen LogP contribution < -0.4 is 10.5 Å². The Kier molecular flexibility index (Phi) is 6.09. The molecule has 2 aromatic carbocycles. The summed E-state index contributed by atoms with van der Waals surface area (Å²) in [6.45, 7) is -0.247. The molecule has 4 N–H and O–H groups in total. The number of aromatic nitrogens is 3. The molecular weight excluding hydrogens is 484 g/mol. The van der Waals surface area contributed by atoms with Gasteiger partial charge in [0.05, 0.1) is 17.3 Å². The topological polar surface area (TPSA) is 88.5 Å². The van der Waals surface area contributed by atoms with Gasteiger partial charge in [0.15, 0.2) is 5.82 Å². The van der Waals surface area contributed by atoms with Gasteiger partial charge in [-0.15, -0.1) is 0 Å². The highest BCUT2D eigenvalue weighted by molar-refractivity contribution is 8.00. The summed E-state index contributed by atoms with van der Waals surface area (Å²) in [6.07, 6.45) is 6.72. The molecular formula is C23H20Cl2FN5OS. The second-order valence-corrected chi connectivity index (χ2v) is 9.55. The average Bonchev–Trinajstić information content (AvgIpc) is 3.14. The predicted molar refractivity (Wildman–Crippen MR) is 131 cm³/mol. The molecule has 1 aliphatic rings. The predicted octanol–water partition coefficient (Wildman–Crippen LogP) is 6.30. The van der Waals surface area contributed by atoms with E-state index in [2.05, 4.69) is 9.71 Å². The molecule has 0 amide bonds. The molecule has 0 radical (unpaired) electrons. The van der Waals surface area contributed by atoms with Gasteiger partial charge < -0.3 is 15.6 Å². The van der Waals surface area contributed by atoms with Crippen molar-refractivity contribution in [2.75, 3.05) is 10.5 Å². The van der Waals surface area contributed by atoms with E-state index >= 15 is 4.39 Å². The smallest absolute Gasteiger partial charge is 0.156 e. The highest BCUT2D eigenvalue weighted by atomic mass is 35.5. The van der Waals surface area contributed by atoms with Crippen LogP contribution in [0.25, 0.3) is 16.8 Å². The van der Waals surface area contributed by atoms with Crippen LogP contribution in [0, 0.1) is 5.82 Å². The number of nitrogen functional groups attached to an aromatic ring is 1. The number of nitrogens with zero attached hydrogens (tertiary/aromatic N) is 3. The lowest BCUT2D eigenvalue weighted by atomic mass is 9.85. The quantitative estimate of drug-likeness (QED) is 0.267. The van der Waals surface area contributed by atoms with Crippen LogP contribution in [-0.4, -0.2) is 19.5 Å². The number of rotatable bonds is 6. The molecule has 0 aliphatic heterocycles. The van der Waals surface area contributed by atoms with E-state index in [1.165, 1.54) is 0 Å². The number of nitrogens with two attached hydrogens (primary N) is 1. The van der Waals surface area contributed by atoms with Gasteiger partial charge in [0.2, 0.25) is 0 Å². The van der Waals surface area contributed by atoms with E-state index in [1.54, 1.807) is 36.5 Å². The zero-order valence-corrected chi connectivity index (χ0v) is 19.7. The van der Waals surface area contributed by atoms with Gasteiger partial charge in [-0.3, -0.25) is 4.40 Å². The monoisotopic (exact) mass is 503 g/mol. The minimum atomic E-state index is -0.464. The van der Waals surface area contributed by atoms with Gasteiger partial charge in [0.25, 0.3) is 0 Å². The summed E-state index contributed by atoms with van der Waals surface area (Å²) in [5, 5.41) is 10.3. The fourth-order valence-corrected chi connectivity index (χ4v) is 5.31. The van der Waals surface area contributed by atoms with Crippen molar-refractivity contribution < 1.29 is 9.50 Å². The van der Waals surface area contributed by atoms with Gasteiger partial charge in [0, 0.05) is 33.8 Å². The highest BCUT2D eigenvalue weighted by Gasteiger charge is 2.28. The second-order valence-electron chi connectivity index (χ2n) is 7.88. The number of imidazole rings is 1. The Morgan fingerprint density at radius 2 is 2.09 bits per heavy atom. The maximum atomic E-state index is 15.7. The highest BCUT2D eigenvalue weighted by Crippen LogP contribution is 2.41. The summed E-state index contributed by atoms with van der Waals surface area (Å²) in [4.78, 5) is 9.59. The van der Waals surface area contributed by atoms with Crippen LogP contribution in [0.15, 0.2) is 47.6 Å². The first-order valence-corrected chi connectivity index (χ1v) is 12.0. The molecule has 1 saturated carbocycles. The molecule has 170 valence electrons. The molecule has 0 unspecified atom stereocenters. The van der Waals surface area contributed by atoms with Gasteiger partial charge in [-0.05, 0) is 54.6 Å². The Bertz CT molecular complexity index is 1360. The van der Waals surface area contributed by atoms with Crippen molar-refractivity contribution in [3.63, 3.8) is 0 Å². The third kappa shape index (κ3) is 4.01. The molecule has 5 rings (SSSR count). The number of nitrogens with one attached hydrogen (secondary N) is 1. The van der Waals surface area contributed by atoms with Crippen molar-refractivity contribution in [2.45, 2.75) is 36.7 Å². The van der Waals surface area contributed by atoms with Gasteiger partial charge in [-0.25, -0.2) is 14.4 Å². The SMILES string of the molecule is Nc1nccn2c(C3CCC3)nc(-c3cccc(NSc4cc(Cl)cc(CO)c4Cl)c3F)c12. The third-order valence-electron chi connectivity index (χ3n) is 5.86. The fourth-order valence-electron chi connectivity index (χ4n) is 3.94. The molecule has 10 heteroatoms. The first-order valence-electron chi connectivity index (χ1n) is 10.4. The molecule has 2 heterocycles. The van der Waals surface area contributed by atoms with Gasteiger partial charge in [-0.1, -0.05) is 35.7 Å². The van der Waals surface area contributed by atoms with Crippen LogP contribution >= 0.6 is 35.1 Å². The van der Waals surface area contributed by atoms with Crippen molar-refractivity contribution in [3.05, 3.63) is 70.0 Å². The van der Waals surface area contributed by atoms with Crippen LogP contribution in [0.2, 0.25) is 10.0 Å². The lowest BCUT2D eigenvalue weighted by molar-refractivity contribution is 0.281. The zero-order chi connectivity index (χ0) is 23.1. The van der Waals surface area contributed by atoms with Crippen molar-refractivity contribution in [2.24, 2.45) is 0 Å². The number of benzene rings is 2. The van der Waals surface area contributed by atoms with Gasteiger partial charge >= 0.3 is 0 Å². The van der Waals surface area contributed by atoms with E-state index in [4.69, 9.17) is 33.9 Å². The largest absolute Gasteiger partial charge is 0.392 e. The minimum absolute atomic E-state index is 0.247. The molecule has 4 aromatic rings. The summed E-state index contributed by atoms with van der Waals surface area (Å²) in [5.41, 5.74) is 8.35. The number of fused-ring (bicyclic) bond motifs is 1. The van der Waals surface area contributed by atoms with Gasteiger partial charge in [-0.2, -0.15) is 0 Å². The van der Waals surface area contributed by atoms with Crippen LogP contribution in [0.5, 0.6) is 0 Å². The Balaban J connectivity index is 1.53. The Morgan fingerprint density at radius 1 is 1.27 bits per heavy atom. The van der Waals surface area contributed by atoms with E-state index in [0.717, 1.165) is 37.0 Å². The summed E-state index contributed by atoms with van der Waals surface area (Å²) in [7, 11) is 0. The van der Waals surface area contributed by atoms with Crippen LogP contribution in [0.1, 0.15) is 36.6 Å². The number of halogens is 3. The number of hydrogen-bond donors (Lipinski definition) is 3. The lowest BCUT2D eigenvalue weighted by Gasteiger charge is -2.23. The number of hydrogen-bond acceptors (Lipinski definition) is 6. The summed E-state index contributed by atoms with van der Waals surface area (Å²) in [6, 6.07) is 8.31. The minimum Gasteiger partial charge on any atom is -0.392 e. The normalized spacial score (nSPS) is 13.9. The first-order chi connectivity index (χ1) is 16.0. The number of aliphatic hydroxyl groups is 1. The van der Waals surface area contributed by atoms with E-state index in [9.17, 15) is 5.11 Å². The van der Waals surface area contributed by atoms with Crippen LogP contribution in [-0.2, 0) is 6.61 Å². The Hall–Kier alpha value is -2.52. The van der Waals surface area contributed by atoms with Crippen molar-refractivity contribution >= 4 is 52.2 Å². The van der Waals surface area contributed by atoms with E-state index in [0.29, 0.717) is 49.0 Å². The van der Waals surface area contributed by atoms with Crippen molar-refractivity contribution in [1.29, 1.82) is 0 Å². The second kappa shape index (κ2) is 9.02. The average molecular weight is 504 g/mol. The summed E-state index contributed by atoms with van der Waals surface area (Å²) >= 11 is 13.6. The maximum Gasteiger partial charge on any atom is 0.156 e. The fraction of sp³-hybridized carbons (Fsp3) is 0.217.